The molecule has 0 spiro atoms. The van der Waals surface area contributed by atoms with E-state index in [4.69, 9.17) is 0 Å². The van der Waals surface area contributed by atoms with Crippen LogP contribution in [0, 0.1) is 0 Å². The van der Waals surface area contributed by atoms with Gasteiger partial charge in [0.1, 0.15) is 6.54 Å². The zero-order chi connectivity index (χ0) is 10.4. The highest BCUT2D eigenvalue weighted by molar-refractivity contribution is 8.93. The van der Waals surface area contributed by atoms with Crippen LogP contribution in [-0.4, -0.2) is 24.1 Å². The zero-order valence-corrected chi connectivity index (χ0v) is 15.9. The molecule has 0 aliphatic rings. The molecule has 1 unspecified atom stereocenters. The highest BCUT2D eigenvalue weighted by atomic mass is 79.9. The molecule has 0 saturated carbocycles. The first-order valence-corrected chi connectivity index (χ1v) is 5.65. The number of benzene rings is 1. The molecule has 0 heterocycles. The molecule has 1 aromatic carbocycles. The fourth-order valence-corrected chi connectivity index (χ4v) is 1.98. The SMILES string of the molecule is Br.CC[N+](CC)(CC)Cc1ccccc1.P.[Br-]. The molecular weight excluding hydrogens is 361 g/mol. The van der Waals surface area contributed by atoms with Crippen molar-refractivity contribution >= 4 is 26.9 Å². The summed E-state index contributed by atoms with van der Waals surface area (Å²) in [6.07, 6.45) is 0. The summed E-state index contributed by atoms with van der Waals surface area (Å²) in [7, 11) is 0. The number of rotatable bonds is 5. The van der Waals surface area contributed by atoms with Crippen molar-refractivity contribution in [3.05, 3.63) is 35.9 Å². The Labute approximate surface area is 131 Å². The van der Waals surface area contributed by atoms with E-state index in [0.29, 0.717) is 0 Å². The molecule has 0 saturated heterocycles. The van der Waals surface area contributed by atoms with Crippen LogP contribution in [0.3, 0.4) is 0 Å². The van der Waals surface area contributed by atoms with Crippen LogP contribution >= 0.6 is 26.9 Å². The lowest BCUT2D eigenvalue weighted by Crippen LogP contribution is -3.00. The maximum atomic E-state index is 2.29. The van der Waals surface area contributed by atoms with Crippen molar-refractivity contribution in [1.29, 1.82) is 0 Å². The second-order valence-electron chi connectivity index (χ2n) is 3.93. The van der Waals surface area contributed by atoms with Crippen LogP contribution in [0.15, 0.2) is 30.3 Å². The highest BCUT2D eigenvalue weighted by Gasteiger charge is 2.20. The molecule has 0 radical (unpaired) electrons. The molecular formula is C13H26Br2NP. The van der Waals surface area contributed by atoms with Crippen LogP contribution in [-0.2, 0) is 6.54 Å². The lowest BCUT2D eigenvalue weighted by atomic mass is 10.2. The molecule has 0 amide bonds. The fraction of sp³-hybridized carbons (Fsp3) is 0.538. The minimum Gasteiger partial charge on any atom is -1.00 e. The van der Waals surface area contributed by atoms with Gasteiger partial charge >= 0.3 is 0 Å². The Morgan fingerprint density at radius 1 is 0.882 bits per heavy atom. The van der Waals surface area contributed by atoms with Crippen molar-refractivity contribution in [3.8, 4) is 0 Å². The normalized spacial score (nSPS) is 9.59. The van der Waals surface area contributed by atoms with Gasteiger partial charge in [-0.2, -0.15) is 9.90 Å². The van der Waals surface area contributed by atoms with Crippen LogP contribution in [0.1, 0.15) is 26.3 Å². The average Bonchev–Trinajstić information content (AvgIpc) is 2.28. The van der Waals surface area contributed by atoms with Crippen LogP contribution in [0.25, 0.3) is 0 Å². The molecule has 0 N–H and O–H groups in total. The Hall–Kier alpha value is 0.570. The maximum Gasteiger partial charge on any atom is 0.104 e. The lowest BCUT2D eigenvalue weighted by Gasteiger charge is -2.35. The van der Waals surface area contributed by atoms with E-state index < -0.39 is 0 Å². The Morgan fingerprint density at radius 2 is 1.29 bits per heavy atom. The van der Waals surface area contributed by atoms with Crippen molar-refractivity contribution < 1.29 is 21.5 Å². The molecule has 1 atom stereocenters. The summed E-state index contributed by atoms with van der Waals surface area (Å²) >= 11 is 0. The topological polar surface area (TPSA) is 0 Å². The van der Waals surface area contributed by atoms with E-state index in [2.05, 4.69) is 51.1 Å². The van der Waals surface area contributed by atoms with Gasteiger partial charge in [0.15, 0.2) is 0 Å². The largest absolute Gasteiger partial charge is 1.00 e. The Bertz CT molecular complexity index is 255. The molecule has 0 bridgehead atoms. The number of hydrogen-bond acceptors (Lipinski definition) is 0. The summed E-state index contributed by atoms with van der Waals surface area (Å²) in [6.45, 7) is 11.7. The van der Waals surface area contributed by atoms with E-state index in [1.807, 2.05) is 0 Å². The molecule has 17 heavy (non-hydrogen) atoms. The van der Waals surface area contributed by atoms with Gasteiger partial charge in [0.05, 0.1) is 19.6 Å². The molecule has 0 aromatic heterocycles. The maximum absolute atomic E-state index is 2.29. The van der Waals surface area contributed by atoms with Gasteiger partial charge in [0.25, 0.3) is 0 Å². The summed E-state index contributed by atoms with van der Waals surface area (Å²) in [4.78, 5) is 0. The number of quaternary nitrogens is 1. The molecule has 1 rings (SSSR count). The van der Waals surface area contributed by atoms with E-state index in [-0.39, 0.29) is 43.9 Å². The van der Waals surface area contributed by atoms with Crippen LogP contribution in [0.2, 0.25) is 0 Å². The smallest absolute Gasteiger partial charge is 0.104 e. The van der Waals surface area contributed by atoms with E-state index in [0.717, 1.165) is 0 Å². The second-order valence-corrected chi connectivity index (χ2v) is 3.93. The minimum atomic E-state index is 0. The molecule has 1 aromatic rings. The van der Waals surface area contributed by atoms with E-state index in [9.17, 15) is 0 Å². The van der Waals surface area contributed by atoms with Gasteiger partial charge in [-0.25, -0.2) is 0 Å². The van der Waals surface area contributed by atoms with Crippen molar-refractivity contribution in [1.82, 2.24) is 0 Å². The molecule has 0 fully saturated rings. The Morgan fingerprint density at radius 3 is 1.65 bits per heavy atom. The number of nitrogens with zero attached hydrogens (tertiary/aromatic N) is 1. The monoisotopic (exact) mass is 385 g/mol. The predicted octanol–water partition coefficient (Wildman–Crippen LogP) is 0.703. The third-order valence-corrected chi connectivity index (χ3v) is 3.37. The molecule has 0 aliphatic heterocycles. The summed E-state index contributed by atoms with van der Waals surface area (Å²) in [5.41, 5.74) is 1.46. The molecule has 102 valence electrons. The number of hydrogen-bond donors (Lipinski definition) is 0. The summed E-state index contributed by atoms with van der Waals surface area (Å²) in [6, 6.07) is 10.8. The first-order valence-electron chi connectivity index (χ1n) is 5.65. The summed E-state index contributed by atoms with van der Waals surface area (Å²) in [5.74, 6) is 0. The molecule has 0 aliphatic carbocycles. The minimum absolute atomic E-state index is 0. The second kappa shape index (κ2) is 11.6. The van der Waals surface area contributed by atoms with Crippen LogP contribution in [0.5, 0.6) is 0 Å². The van der Waals surface area contributed by atoms with Gasteiger partial charge in [-0.1, -0.05) is 30.3 Å². The van der Waals surface area contributed by atoms with Crippen molar-refractivity contribution in [2.75, 3.05) is 19.6 Å². The van der Waals surface area contributed by atoms with E-state index >= 15 is 0 Å². The van der Waals surface area contributed by atoms with Crippen molar-refractivity contribution in [2.45, 2.75) is 27.3 Å². The lowest BCUT2D eigenvalue weighted by molar-refractivity contribution is -0.936. The summed E-state index contributed by atoms with van der Waals surface area (Å²) < 4.78 is 1.20. The Balaban J connectivity index is -0.000000653. The quantitative estimate of drug-likeness (QED) is 0.516. The van der Waals surface area contributed by atoms with Gasteiger partial charge in [-0.05, 0) is 20.8 Å². The van der Waals surface area contributed by atoms with Gasteiger partial charge in [-0.3, -0.25) is 0 Å². The molecule has 4 heteroatoms. The van der Waals surface area contributed by atoms with Gasteiger partial charge in [0, 0.05) is 5.56 Å². The number of halogens is 2. The van der Waals surface area contributed by atoms with Gasteiger partial charge in [-0.15, -0.1) is 17.0 Å². The first kappa shape index (κ1) is 22.7. The first-order chi connectivity index (χ1) is 6.76. The third-order valence-electron chi connectivity index (χ3n) is 3.37. The standard InChI is InChI=1S/C13H22N.2BrH.H3P/c1-4-14(5-2,6-3)12-13-10-8-7-9-11-13;;;/h7-11H,4-6,12H2,1-3H3;2*1H;1H3/q+1;;;/p-1. The van der Waals surface area contributed by atoms with Crippen LogP contribution < -0.4 is 17.0 Å². The zero-order valence-electron chi connectivity index (χ0n) is 11.2. The van der Waals surface area contributed by atoms with Crippen LogP contribution in [0.4, 0.5) is 0 Å². The van der Waals surface area contributed by atoms with Crippen molar-refractivity contribution in [2.24, 2.45) is 0 Å². The van der Waals surface area contributed by atoms with Gasteiger partial charge < -0.3 is 21.5 Å². The summed E-state index contributed by atoms with van der Waals surface area (Å²) in [5, 5.41) is 0. The predicted molar refractivity (Wildman–Crippen MR) is 83.5 cm³/mol. The van der Waals surface area contributed by atoms with Crippen molar-refractivity contribution in [3.63, 3.8) is 0 Å². The highest BCUT2D eigenvalue weighted by Crippen LogP contribution is 2.13. The van der Waals surface area contributed by atoms with E-state index in [1.165, 1.54) is 36.2 Å². The Kier molecular flexibility index (Phi) is 15.6. The third kappa shape index (κ3) is 6.91. The fourth-order valence-electron chi connectivity index (χ4n) is 1.98. The van der Waals surface area contributed by atoms with Gasteiger partial charge in [0.2, 0.25) is 0 Å². The molecule has 1 nitrogen and oxygen atoms in total. The van der Waals surface area contributed by atoms with E-state index in [1.54, 1.807) is 0 Å². The average molecular weight is 387 g/mol.